The van der Waals surface area contributed by atoms with E-state index in [-0.39, 0.29) is 5.91 Å². The Bertz CT molecular complexity index is 542. The van der Waals surface area contributed by atoms with Crippen molar-refractivity contribution < 1.29 is 4.79 Å². The van der Waals surface area contributed by atoms with Crippen LogP contribution in [0, 0.1) is 0 Å². The lowest BCUT2D eigenvalue weighted by Crippen LogP contribution is -2.11. The van der Waals surface area contributed by atoms with Crippen LogP contribution in [0.4, 0.5) is 0 Å². The van der Waals surface area contributed by atoms with Gasteiger partial charge in [0.25, 0.3) is 5.91 Å². The molecular weight excluding hydrogens is 234 g/mol. The summed E-state index contributed by atoms with van der Waals surface area (Å²) < 4.78 is 1.81. The normalized spacial score (nSPS) is 10.7. The maximum absolute atomic E-state index is 11.4. The van der Waals surface area contributed by atoms with E-state index < -0.39 is 0 Å². The number of hydrogen-bond donors (Lipinski definition) is 1. The van der Waals surface area contributed by atoms with Gasteiger partial charge in [0, 0.05) is 12.6 Å². The molecule has 0 aromatic carbocycles. The smallest absolute Gasteiger partial charge is 0.259 e. The Hall–Kier alpha value is -1.62. The number of nitrogens with zero attached hydrogens (tertiary/aromatic N) is 2. The standard InChI is InChI=1S/C12H15N3OS/c1-3-4-8-7-14-15(2)10(8)9-5-6-17-11(9)12(13)16/h5-7H,3-4H2,1-2H3,(H2,13,16). The summed E-state index contributed by atoms with van der Waals surface area (Å²) in [6.45, 7) is 2.12. The molecule has 17 heavy (non-hydrogen) atoms. The molecule has 5 heteroatoms. The predicted molar refractivity (Wildman–Crippen MR) is 69.0 cm³/mol. The Morgan fingerprint density at radius 2 is 2.35 bits per heavy atom. The molecule has 0 radical (unpaired) electrons. The second kappa shape index (κ2) is 4.71. The molecule has 0 aliphatic rings. The second-order valence-electron chi connectivity index (χ2n) is 3.92. The van der Waals surface area contributed by atoms with Gasteiger partial charge in [0.15, 0.2) is 0 Å². The van der Waals surface area contributed by atoms with Gasteiger partial charge in [0.05, 0.1) is 11.9 Å². The van der Waals surface area contributed by atoms with Crippen LogP contribution in [0.5, 0.6) is 0 Å². The number of primary amides is 1. The number of amides is 1. The molecule has 0 spiro atoms. The summed E-state index contributed by atoms with van der Waals surface area (Å²) in [6.07, 6.45) is 3.87. The number of hydrogen-bond acceptors (Lipinski definition) is 3. The van der Waals surface area contributed by atoms with E-state index in [2.05, 4.69) is 12.0 Å². The van der Waals surface area contributed by atoms with Crippen molar-refractivity contribution >= 4 is 17.2 Å². The monoisotopic (exact) mass is 249 g/mol. The van der Waals surface area contributed by atoms with E-state index in [1.165, 1.54) is 11.3 Å². The van der Waals surface area contributed by atoms with Crippen molar-refractivity contribution in [3.8, 4) is 11.3 Å². The fourth-order valence-electron chi connectivity index (χ4n) is 1.97. The van der Waals surface area contributed by atoms with E-state index in [1.807, 2.05) is 24.7 Å². The summed E-state index contributed by atoms with van der Waals surface area (Å²) in [6, 6.07) is 1.93. The minimum Gasteiger partial charge on any atom is -0.365 e. The van der Waals surface area contributed by atoms with Gasteiger partial charge in [-0.15, -0.1) is 11.3 Å². The van der Waals surface area contributed by atoms with E-state index in [0.717, 1.165) is 29.7 Å². The van der Waals surface area contributed by atoms with Gasteiger partial charge in [0.2, 0.25) is 0 Å². The average molecular weight is 249 g/mol. The lowest BCUT2D eigenvalue weighted by Gasteiger charge is -2.05. The Kier molecular flexibility index (Phi) is 3.28. The maximum atomic E-state index is 11.4. The first-order chi connectivity index (χ1) is 8.15. The van der Waals surface area contributed by atoms with Gasteiger partial charge in [-0.3, -0.25) is 9.48 Å². The van der Waals surface area contributed by atoms with Crippen molar-refractivity contribution in [2.24, 2.45) is 12.8 Å². The predicted octanol–water partition coefficient (Wildman–Crippen LogP) is 2.20. The van der Waals surface area contributed by atoms with Crippen LogP contribution in [0.15, 0.2) is 17.6 Å². The summed E-state index contributed by atoms with van der Waals surface area (Å²) in [5.74, 6) is -0.376. The Labute approximate surface area is 104 Å². The van der Waals surface area contributed by atoms with Crippen molar-refractivity contribution in [2.75, 3.05) is 0 Å². The largest absolute Gasteiger partial charge is 0.365 e. The van der Waals surface area contributed by atoms with Gasteiger partial charge < -0.3 is 5.73 Å². The van der Waals surface area contributed by atoms with Gasteiger partial charge in [-0.2, -0.15) is 5.10 Å². The molecule has 0 unspecified atom stereocenters. The molecule has 0 aliphatic heterocycles. The average Bonchev–Trinajstić information content (AvgIpc) is 2.85. The molecule has 0 fully saturated rings. The molecule has 0 atom stereocenters. The highest BCUT2D eigenvalue weighted by atomic mass is 32.1. The number of aryl methyl sites for hydroxylation is 2. The zero-order valence-electron chi connectivity index (χ0n) is 9.93. The zero-order valence-corrected chi connectivity index (χ0v) is 10.8. The molecule has 0 saturated heterocycles. The van der Waals surface area contributed by atoms with Gasteiger partial charge in [0.1, 0.15) is 4.88 Å². The minimum absolute atomic E-state index is 0.376. The lowest BCUT2D eigenvalue weighted by molar-refractivity contribution is 0.100. The molecule has 2 N–H and O–H groups in total. The molecule has 4 nitrogen and oxygen atoms in total. The molecule has 2 heterocycles. The van der Waals surface area contributed by atoms with Crippen LogP contribution in [-0.4, -0.2) is 15.7 Å². The summed E-state index contributed by atoms with van der Waals surface area (Å²) in [5, 5.41) is 6.15. The third kappa shape index (κ3) is 2.10. The van der Waals surface area contributed by atoms with E-state index in [0.29, 0.717) is 4.88 Å². The molecule has 0 bridgehead atoms. The van der Waals surface area contributed by atoms with E-state index >= 15 is 0 Å². The number of aromatic nitrogens is 2. The highest BCUT2D eigenvalue weighted by molar-refractivity contribution is 7.12. The Balaban J connectivity index is 2.55. The Morgan fingerprint density at radius 1 is 1.59 bits per heavy atom. The number of nitrogens with two attached hydrogens (primary N) is 1. The highest BCUT2D eigenvalue weighted by Gasteiger charge is 2.17. The summed E-state index contributed by atoms with van der Waals surface area (Å²) in [4.78, 5) is 12.0. The first-order valence-electron chi connectivity index (χ1n) is 5.53. The van der Waals surface area contributed by atoms with Crippen LogP contribution in [-0.2, 0) is 13.5 Å². The van der Waals surface area contributed by atoms with Crippen LogP contribution in [0.1, 0.15) is 28.6 Å². The Morgan fingerprint density at radius 3 is 3.00 bits per heavy atom. The topological polar surface area (TPSA) is 60.9 Å². The van der Waals surface area contributed by atoms with E-state index in [4.69, 9.17) is 5.73 Å². The maximum Gasteiger partial charge on any atom is 0.259 e. The molecular formula is C12H15N3OS. The first kappa shape index (κ1) is 11.9. The zero-order chi connectivity index (χ0) is 12.4. The summed E-state index contributed by atoms with van der Waals surface area (Å²) >= 11 is 1.38. The summed E-state index contributed by atoms with van der Waals surface area (Å²) in [5.41, 5.74) is 8.44. The number of carbonyl (C=O) groups is 1. The van der Waals surface area contributed by atoms with Gasteiger partial charge >= 0.3 is 0 Å². The van der Waals surface area contributed by atoms with Gasteiger partial charge in [-0.25, -0.2) is 0 Å². The third-order valence-corrected chi connectivity index (χ3v) is 3.61. The van der Waals surface area contributed by atoms with Crippen molar-refractivity contribution in [1.29, 1.82) is 0 Å². The van der Waals surface area contributed by atoms with E-state index in [1.54, 1.807) is 4.68 Å². The molecule has 2 aromatic heterocycles. The second-order valence-corrected chi connectivity index (χ2v) is 4.84. The van der Waals surface area contributed by atoms with Crippen molar-refractivity contribution in [2.45, 2.75) is 19.8 Å². The number of rotatable bonds is 4. The molecule has 2 rings (SSSR count). The quantitative estimate of drug-likeness (QED) is 0.903. The molecule has 1 amide bonds. The number of carbonyl (C=O) groups excluding carboxylic acids is 1. The first-order valence-corrected chi connectivity index (χ1v) is 6.41. The van der Waals surface area contributed by atoms with Crippen molar-refractivity contribution in [3.05, 3.63) is 28.1 Å². The lowest BCUT2D eigenvalue weighted by atomic mass is 10.1. The molecule has 2 aromatic rings. The molecule has 90 valence electrons. The fourth-order valence-corrected chi connectivity index (χ4v) is 2.72. The van der Waals surface area contributed by atoms with Crippen LogP contribution < -0.4 is 5.73 Å². The van der Waals surface area contributed by atoms with Crippen LogP contribution in [0.25, 0.3) is 11.3 Å². The summed E-state index contributed by atoms with van der Waals surface area (Å²) in [7, 11) is 1.89. The van der Waals surface area contributed by atoms with Gasteiger partial charge in [-0.05, 0) is 23.4 Å². The van der Waals surface area contributed by atoms with Crippen LogP contribution >= 0.6 is 11.3 Å². The third-order valence-electron chi connectivity index (χ3n) is 2.68. The molecule has 0 saturated carbocycles. The van der Waals surface area contributed by atoms with Crippen LogP contribution in [0.2, 0.25) is 0 Å². The number of thiophene rings is 1. The van der Waals surface area contributed by atoms with Crippen molar-refractivity contribution in [1.82, 2.24) is 9.78 Å². The fraction of sp³-hybridized carbons (Fsp3) is 0.333. The SMILES string of the molecule is CCCc1cnn(C)c1-c1ccsc1C(N)=O. The minimum atomic E-state index is -0.376. The highest BCUT2D eigenvalue weighted by Crippen LogP contribution is 2.30. The molecule has 0 aliphatic carbocycles. The van der Waals surface area contributed by atoms with Gasteiger partial charge in [-0.1, -0.05) is 13.3 Å². The van der Waals surface area contributed by atoms with Crippen molar-refractivity contribution in [3.63, 3.8) is 0 Å². The van der Waals surface area contributed by atoms with E-state index in [9.17, 15) is 4.79 Å². The van der Waals surface area contributed by atoms with Crippen LogP contribution in [0.3, 0.4) is 0 Å².